The van der Waals surface area contributed by atoms with Crippen LogP contribution in [0.4, 0.5) is 0 Å². The number of hydrogen-bond donors (Lipinski definition) is 0. The van der Waals surface area contributed by atoms with Crippen LogP contribution in [0.5, 0.6) is 0 Å². The first kappa shape index (κ1) is 20.0. The fraction of sp³-hybridized carbons (Fsp3) is 0.308. The lowest BCUT2D eigenvalue weighted by atomic mass is 10.1. The number of hydrogen-bond acceptors (Lipinski definition) is 5. The number of nitrogens with zero attached hydrogens (tertiary/aromatic N) is 2. The van der Waals surface area contributed by atoms with Crippen LogP contribution in [-0.4, -0.2) is 9.97 Å². The van der Waals surface area contributed by atoms with Crippen molar-refractivity contribution in [1.82, 2.24) is 9.97 Å². The number of rotatable bonds is 8. The number of benzene rings is 2. The summed E-state index contributed by atoms with van der Waals surface area (Å²) in [6.45, 7) is 4.42. The van der Waals surface area contributed by atoms with Gasteiger partial charge in [0.15, 0.2) is 11.2 Å². The van der Waals surface area contributed by atoms with Gasteiger partial charge in [-0.25, -0.2) is 9.97 Å². The normalized spacial score (nSPS) is 11.7. The Morgan fingerprint density at radius 3 is 1.61 bits per heavy atom. The molecule has 2 aromatic carbocycles. The van der Waals surface area contributed by atoms with Crippen LogP contribution in [0.15, 0.2) is 57.4 Å². The molecule has 0 saturated heterocycles. The Bertz CT molecular complexity index is 1230. The maximum absolute atomic E-state index is 6.08. The van der Waals surface area contributed by atoms with Gasteiger partial charge in [-0.05, 0) is 73.2 Å². The van der Waals surface area contributed by atoms with E-state index in [1.807, 2.05) is 12.1 Å². The van der Waals surface area contributed by atoms with Gasteiger partial charge in [0.1, 0.15) is 11.0 Å². The van der Waals surface area contributed by atoms with Crippen LogP contribution in [0.25, 0.3) is 43.7 Å². The van der Waals surface area contributed by atoms with Crippen LogP contribution in [0, 0.1) is 0 Å². The quantitative estimate of drug-likeness (QED) is 0.250. The largest absolute Gasteiger partial charge is 0.435 e. The van der Waals surface area contributed by atoms with E-state index in [-0.39, 0.29) is 0 Å². The SMILES string of the molecule is CCCCc1ccc2nc(-c3ccc(-c4nc5ccc(CCCC)cc5o4)s3)oc2c1. The van der Waals surface area contributed by atoms with Crippen molar-refractivity contribution in [2.45, 2.75) is 52.4 Å². The molecule has 31 heavy (non-hydrogen) atoms. The summed E-state index contributed by atoms with van der Waals surface area (Å²) in [5.41, 5.74) is 6.08. The van der Waals surface area contributed by atoms with Gasteiger partial charge in [0.25, 0.3) is 0 Å². The van der Waals surface area contributed by atoms with Gasteiger partial charge in [-0.3, -0.25) is 0 Å². The molecular weight excluding hydrogens is 404 g/mol. The molecule has 158 valence electrons. The summed E-state index contributed by atoms with van der Waals surface area (Å²) in [7, 11) is 0. The zero-order valence-electron chi connectivity index (χ0n) is 18.0. The molecule has 0 fully saturated rings. The van der Waals surface area contributed by atoms with E-state index in [0.29, 0.717) is 11.8 Å². The molecule has 0 unspecified atom stereocenters. The van der Waals surface area contributed by atoms with Crippen molar-refractivity contribution in [1.29, 1.82) is 0 Å². The lowest BCUT2D eigenvalue weighted by Gasteiger charge is -1.97. The third-order valence-electron chi connectivity index (χ3n) is 5.57. The minimum atomic E-state index is 0.650. The Balaban J connectivity index is 1.41. The number of thiophene rings is 1. The van der Waals surface area contributed by atoms with Crippen molar-refractivity contribution in [2.75, 3.05) is 0 Å². The second kappa shape index (κ2) is 8.67. The maximum Gasteiger partial charge on any atom is 0.237 e. The van der Waals surface area contributed by atoms with E-state index in [1.165, 1.54) is 36.8 Å². The van der Waals surface area contributed by atoms with E-state index < -0.39 is 0 Å². The molecule has 5 heteroatoms. The molecule has 0 saturated carbocycles. The Hall–Kier alpha value is -2.92. The molecule has 5 aromatic rings. The lowest BCUT2D eigenvalue weighted by molar-refractivity contribution is 0.620. The molecule has 0 aliphatic heterocycles. The van der Waals surface area contributed by atoms with Crippen LogP contribution < -0.4 is 0 Å². The summed E-state index contributed by atoms with van der Waals surface area (Å²) >= 11 is 1.59. The first-order valence-corrected chi connectivity index (χ1v) is 11.9. The highest BCUT2D eigenvalue weighted by Crippen LogP contribution is 2.36. The molecule has 4 nitrogen and oxygen atoms in total. The second-order valence-corrected chi connectivity index (χ2v) is 9.10. The van der Waals surface area contributed by atoms with E-state index >= 15 is 0 Å². The molecule has 3 heterocycles. The standard InChI is InChI=1S/C26H26N2O2S/c1-3-5-7-17-9-11-19-21(15-17)29-25(27-19)23-13-14-24(31-23)26-28-20-12-10-18(8-6-4-2)16-22(20)30-26/h9-16H,3-8H2,1-2H3. The Labute approximate surface area is 185 Å². The molecule has 0 N–H and O–H groups in total. The van der Waals surface area contributed by atoms with Crippen molar-refractivity contribution < 1.29 is 8.83 Å². The number of aromatic nitrogens is 2. The smallest absolute Gasteiger partial charge is 0.237 e. The summed E-state index contributed by atoms with van der Waals surface area (Å²) < 4.78 is 12.2. The van der Waals surface area contributed by atoms with Crippen LogP contribution in [0.1, 0.15) is 50.7 Å². The van der Waals surface area contributed by atoms with Gasteiger partial charge in [0.2, 0.25) is 11.8 Å². The fourth-order valence-electron chi connectivity index (χ4n) is 3.79. The molecule has 0 amide bonds. The number of unbranched alkanes of at least 4 members (excludes halogenated alkanes) is 2. The average molecular weight is 431 g/mol. The van der Waals surface area contributed by atoms with Crippen LogP contribution in [0.2, 0.25) is 0 Å². The van der Waals surface area contributed by atoms with Gasteiger partial charge in [0, 0.05) is 0 Å². The summed E-state index contributed by atoms with van der Waals surface area (Å²) in [4.78, 5) is 11.3. The van der Waals surface area contributed by atoms with E-state index in [4.69, 9.17) is 8.83 Å². The van der Waals surface area contributed by atoms with Gasteiger partial charge in [-0.1, -0.05) is 38.8 Å². The maximum atomic E-state index is 6.08. The molecule has 0 aliphatic carbocycles. The molecule has 0 aliphatic rings. The topological polar surface area (TPSA) is 52.1 Å². The van der Waals surface area contributed by atoms with Crippen LogP contribution >= 0.6 is 11.3 Å². The van der Waals surface area contributed by atoms with Crippen LogP contribution in [0.3, 0.4) is 0 Å². The van der Waals surface area contributed by atoms with Gasteiger partial charge in [0.05, 0.1) is 9.75 Å². The number of fused-ring (bicyclic) bond motifs is 2. The number of aryl methyl sites for hydroxylation is 2. The monoisotopic (exact) mass is 430 g/mol. The first-order chi connectivity index (χ1) is 15.2. The fourth-order valence-corrected chi connectivity index (χ4v) is 4.65. The summed E-state index contributed by atoms with van der Waals surface area (Å²) in [5, 5.41) is 0. The Kier molecular flexibility index (Phi) is 5.60. The van der Waals surface area contributed by atoms with Crippen LogP contribution in [-0.2, 0) is 12.8 Å². The third kappa shape index (κ3) is 4.15. The second-order valence-electron chi connectivity index (χ2n) is 8.01. The summed E-state index contributed by atoms with van der Waals surface area (Å²) in [6.07, 6.45) is 6.89. The highest BCUT2D eigenvalue weighted by atomic mass is 32.1. The highest BCUT2D eigenvalue weighted by molar-refractivity contribution is 7.18. The molecule has 0 bridgehead atoms. The molecular formula is C26H26N2O2S. The van der Waals surface area contributed by atoms with Gasteiger partial charge < -0.3 is 8.83 Å². The molecule has 5 rings (SSSR count). The Morgan fingerprint density at radius 2 is 1.16 bits per heavy atom. The molecule has 3 aromatic heterocycles. The minimum absolute atomic E-state index is 0.650. The van der Waals surface area contributed by atoms with Crippen molar-refractivity contribution in [3.63, 3.8) is 0 Å². The molecule has 0 spiro atoms. The predicted octanol–water partition coefficient (Wildman–Crippen LogP) is 8.05. The summed E-state index contributed by atoms with van der Waals surface area (Å²) in [5.74, 6) is 1.30. The lowest BCUT2D eigenvalue weighted by Crippen LogP contribution is -1.83. The zero-order chi connectivity index (χ0) is 21.2. The summed E-state index contributed by atoms with van der Waals surface area (Å²) in [6, 6.07) is 16.7. The minimum Gasteiger partial charge on any atom is -0.435 e. The van der Waals surface area contributed by atoms with Gasteiger partial charge in [-0.2, -0.15) is 0 Å². The third-order valence-corrected chi connectivity index (χ3v) is 6.63. The van der Waals surface area contributed by atoms with Gasteiger partial charge >= 0.3 is 0 Å². The molecule has 0 radical (unpaired) electrons. The zero-order valence-corrected chi connectivity index (χ0v) is 18.8. The first-order valence-electron chi connectivity index (χ1n) is 11.1. The van der Waals surface area contributed by atoms with Crippen molar-refractivity contribution >= 4 is 33.5 Å². The van der Waals surface area contributed by atoms with Crippen molar-refractivity contribution in [3.05, 3.63) is 59.7 Å². The van der Waals surface area contributed by atoms with E-state index in [1.54, 1.807) is 11.3 Å². The van der Waals surface area contributed by atoms with Gasteiger partial charge in [-0.15, -0.1) is 11.3 Å². The molecule has 0 atom stereocenters. The van der Waals surface area contributed by atoms with Crippen molar-refractivity contribution in [3.8, 4) is 21.5 Å². The van der Waals surface area contributed by atoms with E-state index in [2.05, 4.69) is 60.2 Å². The van der Waals surface area contributed by atoms with Crippen molar-refractivity contribution in [2.24, 2.45) is 0 Å². The predicted molar refractivity (Wildman–Crippen MR) is 128 cm³/mol. The average Bonchev–Trinajstić information content (AvgIpc) is 3.52. The Morgan fingerprint density at radius 1 is 0.677 bits per heavy atom. The van der Waals surface area contributed by atoms with E-state index in [9.17, 15) is 0 Å². The highest BCUT2D eigenvalue weighted by Gasteiger charge is 2.15. The number of oxazole rings is 2. The van der Waals surface area contributed by atoms with E-state index in [0.717, 1.165) is 44.8 Å².